The van der Waals surface area contributed by atoms with Gasteiger partial charge in [0.15, 0.2) is 11.6 Å². The molecule has 14 nitrogen and oxygen atoms in total. The van der Waals surface area contributed by atoms with Gasteiger partial charge in [-0.2, -0.15) is 20.5 Å². The smallest absolute Gasteiger partial charge is 0.258 e. The van der Waals surface area contributed by atoms with Crippen LogP contribution < -0.4 is 21.3 Å². The number of Topliss-reactive ketones (excluding diaryl/α,β-unsaturated/α-hetero) is 2. The predicted octanol–water partition coefficient (Wildman–Crippen LogP) is 11.6. The maximum absolute atomic E-state index is 13.3. The van der Waals surface area contributed by atoms with Crippen LogP contribution in [0.15, 0.2) is 118 Å². The zero-order valence-electron chi connectivity index (χ0n) is 32.3. The Bertz CT molecular complexity index is 2460. The van der Waals surface area contributed by atoms with Crippen molar-refractivity contribution in [3.05, 3.63) is 139 Å². The number of nitrogens with zero attached hydrogens (tertiary/aromatic N) is 4. The normalized spacial score (nSPS) is 12.1. The highest BCUT2D eigenvalue weighted by molar-refractivity contribution is 6.39. The third kappa shape index (κ3) is 11.8. The van der Waals surface area contributed by atoms with Crippen LogP contribution in [-0.4, -0.2) is 47.3 Å². The number of amides is 4. The highest BCUT2D eigenvalue weighted by Gasteiger charge is 2.27. The maximum Gasteiger partial charge on any atom is 0.258 e. The number of ketones is 2. The third-order valence-electron chi connectivity index (χ3n) is 8.67. The number of hydrogen-bond acceptors (Lipinski definition) is 10. The Kier molecular flexibility index (Phi) is 16.7. The summed E-state index contributed by atoms with van der Waals surface area (Å²) in [7, 11) is 0. The molecule has 0 radical (unpaired) electrons. The lowest BCUT2D eigenvalue weighted by Crippen LogP contribution is -2.32. The second-order valence-electron chi connectivity index (χ2n) is 13.0. The molecule has 62 heavy (non-hydrogen) atoms. The van der Waals surface area contributed by atoms with Gasteiger partial charge in [-0.05, 0) is 73.5 Å². The number of para-hydroxylation sites is 2. The van der Waals surface area contributed by atoms with Gasteiger partial charge < -0.3 is 21.3 Å². The number of anilines is 4. The summed E-state index contributed by atoms with van der Waals surface area (Å²) in [4.78, 5) is 77.9. The van der Waals surface area contributed by atoms with E-state index in [2.05, 4.69) is 41.7 Å². The molecule has 0 heterocycles. The lowest BCUT2D eigenvalue weighted by atomic mass is 10.1. The highest BCUT2D eigenvalue weighted by Crippen LogP contribution is 2.35. The fourth-order valence-corrected chi connectivity index (χ4v) is 6.85. The Morgan fingerprint density at radius 1 is 0.500 bits per heavy atom. The lowest BCUT2D eigenvalue weighted by Gasteiger charge is -2.15. The van der Waals surface area contributed by atoms with Crippen LogP contribution in [-0.2, 0) is 30.9 Å². The Morgan fingerprint density at radius 3 is 1.23 bits per heavy atom. The van der Waals surface area contributed by atoms with Crippen LogP contribution in [0.2, 0.25) is 20.1 Å². The largest absolute Gasteiger partial charge is 0.322 e. The molecule has 318 valence electrons. The summed E-state index contributed by atoms with van der Waals surface area (Å²) >= 11 is 37.9. The summed E-state index contributed by atoms with van der Waals surface area (Å²) in [6, 6.07) is 21.7. The second-order valence-corrected chi connectivity index (χ2v) is 15.1. The van der Waals surface area contributed by atoms with E-state index in [0.717, 1.165) is 13.8 Å². The van der Waals surface area contributed by atoms with E-state index in [0.29, 0.717) is 22.5 Å². The van der Waals surface area contributed by atoms with Gasteiger partial charge in [-0.25, -0.2) is 0 Å². The highest BCUT2D eigenvalue weighted by atomic mass is 35.5. The molecule has 5 rings (SSSR count). The molecule has 0 bridgehead atoms. The van der Waals surface area contributed by atoms with Crippen LogP contribution >= 0.6 is 69.6 Å². The van der Waals surface area contributed by atoms with E-state index in [-0.39, 0.29) is 65.7 Å². The molecule has 0 saturated carbocycles. The maximum atomic E-state index is 13.3. The Labute approximate surface area is 384 Å². The number of nitrogens with one attached hydrogen (secondary N) is 4. The first-order valence-corrected chi connectivity index (χ1v) is 20.6. The van der Waals surface area contributed by atoms with Crippen LogP contribution in [0.1, 0.15) is 45.7 Å². The quantitative estimate of drug-likeness (QED) is 0.0431. The van der Waals surface area contributed by atoms with Crippen molar-refractivity contribution in [3.63, 3.8) is 0 Å². The monoisotopic (exact) mass is 954 g/mol. The summed E-state index contributed by atoms with van der Waals surface area (Å²) < 4.78 is 0. The van der Waals surface area contributed by atoms with Gasteiger partial charge in [0.2, 0.25) is 12.1 Å². The summed E-state index contributed by atoms with van der Waals surface area (Å²) in [5.41, 5.74) is 2.30. The van der Waals surface area contributed by atoms with Crippen molar-refractivity contribution in [1.82, 2.24) is 0 Å². The van der Waals surface area contributed by atoms with Gasteiger partial charge in [0.1, 0.15) is 11.4 Å². The van der Waals surface area contributed by atoms with Crippen molar-refractivity contribution in [3.8, 4) is 0 Å². The minimum absolute atomic E-state index is 0.00193. The molecule has 0 aliphatic rings. The zero-order valence-corrected chi connectivity index (χ0v) is 36.8. The summed E-state index contributed by atoms with van der Waals surface area (Å²) in [5, 5.41) is 25.8. The van der Waals surface area contributed by atoms with E-state index in [1.165, 1.54) is 48.5 Å². The first kappa shape index (κ1) is 47.3. The number of hydrogen-bond donors (Lipinski definition) is 4. The van der Waals surface area contributed by atoms with Crippen LogP contribution in [0.3, 0.4) is 0 Å². The van der Waals surface area contributed by atoms with Gasteiger partial charge in [0, 0.05) is 23.1 Å². The average molecular weight is 957 g/mol. The molecule has 2 unspecified atom stereocenters. The number of halogens is 6. The van der Waals surface area contributed by atoms with Gasteiger partial charge >= 0.3 is 0 Å². The molecule has 20 heteroatoms. The van der Waals surface area contributed by atoms with Crippen LogP contribution in [0, 0.1) is 0 Å². The molecule has 5 aromatic rings. The number of benzene rings is 5. The van der Waals surface area contributed by atoms with Crippen molar-refractivity contribution in [2.45, 2.75) is 37.7 Å². The average Bonchev–Trinajstić information content (AvgIpc) is 3.23. The zero-order chi connectivity index (χ0) is 45.1. The molecule has 4 N–H and O–H groups in total. The number of alkyl halides is 2. The first-order valence-electron chi connectivity index (χ1n) is 18.0. The molecule has 0 spiro atoms. The molecular weight excluding hydrogens is 925 g/mol. The van der Waals surface area contributed by atoms with Crippen LogP contribution in [0.5, 0.6) is 0 Å². The van der Waals surface area contributed by atoms with Crippen molar-refractivity contribution in [2.75, 3.05) is 21.3 Å². The van der Waals surface area contributed by atoms with Crippen molar-refractivity contribution in [1.29, 1.82) is 0 Å². The molecule has 0 aliphatic heterocycles. The number of carbonyl (C=O) groups is 6. The van der Waals surface area contributed by atoms with Gasteiger partial charge in [-0.15, -0.1) is 23.2 Å². The third-order valence-corrected chi connectivity index (χ3v) is 10.7. The minimum Gasteiger partial charge on any atom is -0.322 e. The Morgan fingerprint density at radius 2 is 0.871 bits per heavy atom. The van der Waals surface area contributed by atoms with E-state index in [1.54, 1.807) is 48.5 Å². The Hall–Kier alpha value is -5.74. The van der Waals surface area contributed by atoms with Gasteiger partial charge in [-0.3, -0.25) is 28.8 Å². The molecule has 2 atom stereocenters. The van der Waals surface area contributed by atoms with Crippen molar-refractivity contribution >= 4 is 139 Å². The fraction of sp³-hybridized carbons (Fsp3) is 0.143. The summed E-state index contributed by atoms with van der Waals surface area (Å²) in [6.45, 7) is 2.23. The SMILES string of the molecule is CC(=O)C(N=Nc1cccc(C(=O)Nc2ccccc2CCl)c1Cl)C(=O)Nc1cc(Cl)c(NC(=O)C(N=Nc2cccc(C(=O)Nc3ccccc3CCl)c2Cl)C(C)=O)cc1Cl. The molecule has 4 amide bonds. The van der Waals surface area contributed by atoms with E-state index >= 15 is 0 Å². The molecular formula is C42H32Cl6N8O6. The molecule has 0 aromatic heterocycles. The topological polar surface area (TPSA) is 200 Å². The van der Waals surface area contributed by atoms with E-state index in [1.807, 2.05) is 0 Å². The number of rotatable bonds is 16. The second kappa shape index (κ2) is 21.9. The van der Waals surface area contributed by atoms with E-state index in [9.17, 15) is 28.8 Å². The van der Waals surface area contributed by atoms with Crippen LogP contribution in [0.4, 0.5) is 34.1 Å². The first-order chi connectivity index (χ1) is 29.6. The fourth-order valence-electron chi connectivity index (χ4n) is 5.46. The number of carbonyl (C=O) groups excluding carboxylic acids is 6. The van der Waals surface area contributed by atoms with Crippen molar-refractivity contribution in [2.24, 2.45) is 20.5 Å². The molecule has 0 saturated heterocycles. The van der Waals surface area contributed by atoms with Crippen LogP contribution in [0.25, 0.3) is 0 Å². The Balaban J connectivity index is 1.27. The van der Waals surface area contributed by atoms with Gasteiger partial charge in [0.25, 0.3) is 23.6 Å². The summed E-state index contributed by atoms with van der Waals surface area (Å²) in [6.07, 6.45) is 0. The lowest BCUT2D eigenvalue weighted by molar-refractivity contribution is -0.127. The van der Waals surface area contributed by atoms with Crippen molar-refractivity contribution < 1.29 is 28.8 Å². The molecule has 0 aliphatic carbocycles. The standard InChI is InChI=1S/C42H32Cl6N8O6/c1-21(57)37(55-53-31-15-7-11-25(35(31)47)39(59)49-29-13-5-3-9-23(29)19-43)41(61)51-33-17-28(46)34(18-27(33)45)52-42(62)38(22(2)58)56-54-32-16-8-12-26(36(32)48)40(60)50-30-14-6-4-10-24(30)20-44/h3-18,37-38H,19-20H2,1-2H3,(H,49,59)(H,50,60)(H,51,61)(H,52,62). The number of azo groups is 2. The molecule has 5 aromatic carbocycles. The van der Waals surface area contributed by atoms with E-state index in [4.69, 9.17) is 69.6 Å². The predicted molar refractivity (Wildman–Crippen MR) is 242 cm³/mol. The van der Waals surface area contributed by atoms with E-state index < -0.39 is 47.3 Å². The minimum atomic E-state index is -1.69. The van der Waals surface area contributed by atoms with Gasteiger partial charge in [0.05, 0.1) is 42.6 Å². The summed E-state index contributed by atoms with van der Waals surface area (Å²) in [5.74, 6) is -4.09. The van der Waals surface area contributed by atoms with Gasteiger partial charge in [-0.1, -0.05) is 94.9 Å². The molecule has 0 fully saturated rings.